The Morgan fingerprint density at radius 2 is 2.03 bits per heavy atom. The third-order valence-electron chi connectivity index (χ3n) is 6.28. The van der Waals surface area contributed by atoms with Gasteiger partial charge in [0.2, 0.25) is 11.8 Å². The quantitative estimate of drug-likeness (QED) is 0.664. The SMILES string of the molecule is CC(=O)N1CCC[C@@H](C(=O)Nc2cc(-c3cccc(NCC4CCOCC4)n3)c(Cl)cn2)C1. The summed E-state index contributed by atoms with van der Waals surface area (Å²) in [5.41, 5.74) is 1.40. The molecule has 1 atom stereocenters. The lowest BCUT2D eigenvalue weighted by Crippen LogP contribution is -2.42. The first kappa shape index (κ1) is 23.4. The fourth-order valence-electron chi connectivity index (χ4n) is 4.29. The third-order valence-corrected chi connectivity index (χ3v) is 6.58. The van der Waals surface area contributed by atoms with E-state index < -0.39 is 0 Å². The molecule has 0 unspecified atom stereocenters. The van der Waals surface area contributed by atoms with Gasteiger partial charge in [0, 0.05) is 51.5 Å². The Labute approximate surface area is 199 Å². The summed E-state index contributed by atoms with van der Waals surface area (Å²) in [6.45, 7) is 5.15. The summed E-state index contributed by atoms with van der Waals surface area (Å²) in [4.78, 5) is 35.2. The third kappa shape index (κ3) is 6.21. The monoisotopic (exact) mass is 471 g/mol. The van der Waals surface area contributed by atoms with Crippen LogP contribution in [0.5, 0.6) is 0 Å². The number of carbonyl (C=O) groups excluding carboxylic acids is 2. The van der Waals surface area contributed by atoms with Crippen LogP contribution in [0.25, 0.3) is 11.3 Å². The maximum atomic E-state index is 12.8. The number of nitrogens with zero attached hydrogens (tertiary/aromatic N) is 3. The van der Waals surface area contributed by atoms with Crippen molar-refractivity contribution in [1.29, 1.82) is 0 Å². The standard InChI is InChI=1S/C24H30ClN5O3/c1-16(31)30-9-3-4-18(15-30)24(32)29-23-12-19(20(25)14-27-23)21-5-2-6-22(28-21)26-13-17-7-10-33-11-8-17/h2,5-6,12,14,17-18H,3-4,7-11,13,15H2,1H3,(H,26,28)(H,27,29,32)/t18-/m1/s1. The lowest BCUT2D eigenvalue weighted by molar-refractivity contribution is -0.132. The number of piperidine rings is 1. The van der Waals surface area contributed by atoms with E-state index in [4.69, 9.17) is 21.3 Å². The molecule has 2 aromatic rings. The van der Waals surface area contributed by atoms with Gasteiger partial charge in [0.25, 0.3) is 0 Å². The van der Waals surface area contributed by atoms with Crippen LogP contribution < -0.4 is 10.6 Å². The lowest BCUT2D eigenvalue weighted by atomic mass is 9.97. The minimum Gasteiger partial charge on any atom is -0.381 e. The molecule has 8 nitrogen and oxygen atoms in total. The Kier molecular flexibility index (Phi) is 7.77. The van der Waals surface area contributed by atoms with Gasteiger partial charge in [-0.2, -0.15) is 0 Å². The minimum absolute atomic E-state index is 0.00390. The second-order valence-corrected chi connectivity index (χ2v) is 9.09. The van der Waals surface area contributed by atoms with Gasteiger partial charge in [-0.3, -0.25) is 9.59 Å². The number of pyridine rings is 2. The van der Waals surface area contributed by atoms with Gasteiger partial charge in [-0.1, -0.05) is 17.7 Å². The molecule has 2 saturated heterocycles. The number of halogens is 1. The molecule has 176 valence electrons. The van der Waals surface area contributed by atoms with Crippen LogP contribution in [0.2, 0.25) is 5.02 Å². The van der Waals surface area contributed by atoms with Gasteiger partial charge >= 0.3 is 0 Å². The Bertz CT molecular complexity index is 996. The molecular formula is C24H30ClN5O3. The predicted octanol–water partition coefficient (Wildman–Crippen LogP) is 3.83. The summed E-state index contributed by atoms with van der Waals surface area (Å²) in [7, 11) is 0. The second kappa shape index (κ2) is 10.9. The molecule has 2 N–H and O–H groups in total. The number of amides is 2. The second-order valence-electron chi connectivity index (χ2n) is 8.69. The molecule has 0 radical (unpaired) electrons. The van der Waals surface area contributed by atoms with Crippen LogP contribution in [-0.2, 0) is 14.3 Å². The number of carbonyl (C=O) groups is 2. The molecule has 2 aliphatic rings. The Morgan fingerprint density at radius 3 is 2.82 bits per heavy atom. The summed E-state index contributed by atoms with van der Waals surface area (Å²) in [6, 6.07) is 7.50. The van der Waals surface area contributed by atoms with Crippen LogP contribution in [0.4, 0.5) is 11.6 Å². The fourth-order valence-corrected chi connectivity index (χ4v) is 4.49. The highest BCUT2D eigenvalue weighted by Gasteiger charge is 2.27. The van der Waals surface area contributed by atoms with Crippen LogP contribution in [0.15, 0.2) is 30.5 Å². The number of anilines is 2. The number of ether oxygens (including phenoxy) is 1. The van der Waals surface area contributed by atoms with E-state index >= 15 is 0 Å². The van der Waals surface area contributed by atoms with Crippen molar-refractivity contribution in [3.63, 3.8) is 0 Å². The molecule has 0 bridgehead atoms. The molecule has 0 saturated carbocycles. The highest BCUT2D eigenvalue weighted by Crippen LogP contribution is 2.29. The van der Waals surface area contributed by atoms with Crippen molar-refractivity contribution >= 4 is 35.1 Å². The van der Waals surface area contributed by atoms with Crippen LogP contribution in [0.3, 0.4) is 0 Å². The molecule has 0 spiro atoms. The number of aromatic nitrogens is 2. The van der Waals surface area contributed by atoms with Crippen molar-refractivity contribution in [3.05, 3.63) is 35.5 Å². The van der Waals surface area contributed by atoms with Gasteiger partial charge < -0.3 is 20.3 Å². The zero-order valence-corrected chi connectivity index (χ0v) is 19.6. The molecule has 2 fully saturated rings. The average molecular weight is 472 g/mol. The van der Waals surface area contributed by atoms with Gasteiger partial charge in [-0.25, -0.2) is 9.97 Å². The number of rotatable bonds is 6. The normalized spacial score (nSPS) is 19.2. The predicted molar refractivity (Wildman–Crippen MR) is 128 cm³/mol. The van der Waals surface area contributed by atoms with E-state index in [-0.39, 0.29) is 17.7 Å². The summed E-state index contributed by atoms with van der Waals surface area (Å²) < 4.78 is 5.42. The van der Waals surface area contributed by atoms with E-state index in [1.165, 1.54) is 13.1 Å². The van der Waals surface area contributed by atoms with Gasteiger partial charge in [0.05, 0.1) is 16.6 Å². The molecule has 33 heavy (non-hydrogen) atoms. The lowest BCUT2D eigenvalue weighted by Gasteiger charge is -2.31. The first-order chi connectivity index (χ1) is 16.0. The number of hydrogen-bond acceptors (Lipinski definition) is 6. The van der Waals surface area contributed by atoms with Gasteiger partial charge in [-0.15, -0.1) is 0 Å². The van der Waals surface area contributed by atoms with E-state index in [9.17, 15) is 9.59 Å². The van der Waals surface area contributed by atoms with Gasteiger partial charge in [-0.05, 0) is 49.8 Å². The molecule has 4 rings (SSSR count). The molecule has 4 heterocycles. The van der Waals surface area contributed by atoms with Crippen LogP contribution >= 0.6 is 11.6 Å². The molecule has 9 heteroatoms. The first-order valence-corrected chi connectivity index (χ1v) is 11.9. The van der Waals surface area contributed by atoms with Crippen molar-refractivity contribution in [1.82, 2.24) is 14.9 Å². The van der Waals surface area contributed by atoms with Crippen molar-refractivity contribution in [2.45, 2.75) is 32.6 Å². The molecule has 0 aliphatic carbocycles. The summed E-state index contributed by atoms with van der Waals surface area (Å²) >= 11 is 6.43. The fraction of sp³-hybridized carbons (Fsp3) is 0.500. The molecule has 2 aromatic heterocycles. The average Bonchev–Trinajstić information content (AvgIpc) is 2.85. The first-order valence-electron chi connectivity index (χ1n) is 11.5. The zero-order chi connectivity index (χ0) is 23.2. The zero-order valence-electron chi connectivity index (χ0n) is 18.8. The maximum Gasteiger partial charge on any atom is 0.230 e. The van der Waals surface area contributed by atoms with E-state index in [1.807, 2.05) is 18.2 Å². The molecule has 0 aromatic carbocycles. The van der Waals surface area contributed by atoms with E-state index in [0.717, 1.165) is 51.3 Å². The summed E-state index contributed by atoms with van der Waals surface area (Å²) in [5.74, 6) is 1.39. The van der Waals surface area contributed by atoms with Crippen molar-refractivity contribution in [2.24, 2.45) is 11.8 Å². The number of likely N-dealkylation sites (tertiary alicyclic amines) is 1. The molecular weight excluding hydrogens is 442 g/mol. The van der Waals surface area contributed by atoms with E-state index in [1.54, 1.807) is 11.0 Å². The minimum atomic E-state index is -0.251. The van der Waals surface area contributed by atoms with Crippen molar-refractivity contribution < 1.29 is 14.3 Å². The summed E-state index contributed by atoms with van der Waals surface area (Å²) in [6.07, 6.45) is 5.19. The van der Waals surface area contributed by atoms with Crippen LogP contribution in [-0.4, -0.2) is 59.5 Å². The van der Waals surface area contributed by atoms with E-state index in [0.29, 0.717) is 41.1 Å². The van der Waals surface area contributed by atoms with Gasteiger partial charge in [0.1, 0.15) is 11.6 Å². The Hall–Kier alpha value is -2.71. The highest BCUT2D eigenvalue weighted by atomic mass is 35.5. The van der Waals surface area contributed by atoms with E-state index in [2.05, 4.69) is 15.6 Å². The Morgan fingerprint density at radius 1 is 1.21 bits per heavy atom. The maximum absolute atomic E-state index is 12.8. The van der Waals surface area contributed by atoms with Crippen molar-refractivity contribution in [2.75, 3.05) is 43.5 Å². The Balaban J connectivity index is 1.43. The largest absolute Gasteiger partial charge is 0.381 e. The van der Waals surface area contributed by atoms with Crippen LogP contribution in [0.1, 0.15) is 32.6 Å². The summed E-state index contributed by atoms with van der Waals surface area (Å²) in [5, 5.41) is 6.77. The van der Waals surface area contributed by atoms with Crippen LogP contribution in [0, 0.1) is 11.8 Å². The highest BCUT2D eigenvalue weighted by molar-refractivity contribution is 6.33. The molecule has 2 amide bonds. The smallest absolute Gasteiger partial charge is 0.230 e. The molecule has 2 aliphatic heterocycles. The van der Waals surface area contributed by atoms with Gasteiger partial charge in [0.15, 0.2) is 0 Å². The van der Waals surface area contributed by atoms with Crippen molar-refractivity contribution in [3.8, 4) is 11.3 Å². The number of hydrogen-bond donors (Lipinski definition) is 2. The topological polar surface area (TPSA) is 96.5 Å². The number of nitrogens with one attached hydrogen (secondary N) is 2.